The summed E-state index contributed by atoms with van der Waals surface area (Å²) in [4.78, 5) is 14.5. The molecule has 1 heterocycles. The SMILES string of the molecule is O=C(C1CCCC1)N1CCOC(c2ccccc2)C1. The van der Waals surface area contributed by atoms with Crippen molar-refractivity contribution in [3.05, 3.63) is 35.9 Å². The molecule has 1 aromatic rings. The second kappa shape index (κ2) is 5.74. The van der Waals surface area contributed by atoms with Gasteiger partial charge in [0.25, 0.3) is 0 Å². The summed E-state index contributed by atoms with van der Waals surface area (Å²) in [7, 11) is 0. The minimum absolute atomic E-state index is 0.0419. The van der Waals surface area contributed by atoms with Crippen LogP contribution in [0.3, 0.4) is 0 Å². The maximum absolute atomic E-state index is 12.4. The number of carbonyl (C=O) groups excluding carboxylic acids is 1. The number of benzene rings is 1. The van der Waals surface area contributed by atoms with Crippen molar-refractivity contribution in [2.45, 2.75) is 31.8 Å². The van der Waals surface area contributed by atoms with E-state index in [0.29, 0.717) is 19.1 Å². The summed E-state index contributed by atoms with van der Waals surface area (Å²) in [6.45, 7) is 2.11. The molecule has 3 rings (SSSR count). The minimum Gasteiger partial charge on any atom is -0.370 e. The quantitative estimate of drug-likeness (QED) is 0.817. The average molecular weight is 259 g/mol. The van der Waals surface area contributed by atoms with E-state index in [-0.39, 0.29) is 12.0 Å². The van der Waals surface area contributed by atoms with E-state index in [1.807, 2.05) is 23.1 Å². The molecule has 2 fully saturated rings. The largest absolute Gasteiger partial charge is 0.370 e. The third-order valence-corrected chi connectivity index (χ3v) is 4.25. The normalized spacial score (nSPS) is 24.6. The molecule has 102 valence electrons. The highest BCUT2D eigenvalue weighted by Gasteiger charge is 2.31. The van der Waals surface area contributed by atoms with Gasteiger partial charge in [-0.05, 0) is 18.4 Å². The number of morpholine rings is 1. The zero-order valence-corrected chi connectivity index (χ0v) is 11.3. The Morgan fingerprint density at radius 2 is 1.89 bits per heavy atom. The monoisotopic (exact) mass is 259 g/mol. The molecule has 1 saturated heterocycles. The third kappa shape index (κ3) is 2.81. The van der Waals surface area contributed by atoms with Crippen molar-refractivity contribution in [3.63, 3.8) is 0 Å². The van der Waals surface area contributed by atoms with Gasteiger partial charge < -0.3 is 9.64 Å². The lowest BCUT2D eigenvalue weighted by molar-refractivity contribution is -0.143. The van der Waals surface area contributed by atoms with Crippen molar-refractivity contribution in [1.82, 2.24) is 4.90 Å². The van der Waals surface area contributed by atoms with Gasteiger partial charge in [-0.1, -0.05) is 43.2 Å². The molecule has 1 aliphatic heterocycles. The Morgan fingerprint density at radius 1 is 1.16 bits per heavy atom. The predicted octanol–water partition coefficient (Wildman–Crippen LogP) is 2.78. The van der Waals surface area contributed by atoms with E-state index in [1.54, 1.807) is 0 Å². The van der Waals surface area contributed by atoms with Gasteiger partial charge in [0.15, 0.2) is 0 Å². The van der Waals surface area contributed by atoms with Crippen LogP contribution in [-0.4, -0.2) is 30.5 Å². The summed E-state index contributed by atoms with van der Waals surface area (Å²) in [5, 5.41) is 0. The maximum atomic E-state index is 12.4. The van der Waals surface area contributed by atoms with E-state index < -0.39 is 0 Å². The predicted molar refractivity (Wildman–Crippen MR) is 73.7 cm³/mol. The standard InChI is InChI=1S/C16H21NO2/c18-16(14-8-4-5-9-14)17-10-11-19-15(12-17)13-6-2-1-3-7-13/h1-3,6-7,14-15H,4-5,8-12H2. The van der Waals surface area contributed by atoms with E-state index >= 15 is 0 Å². The number of rotatable bonds is 2. The molecule has 0 N–H and O–H groups in total. The van der Waals surface area contributed by atoms with E-state index in [0.717, 1.165) is 19.4 Å². The van der Waals surface area contributed by atoms with Crippen LogP contribution in [0.25, 0.3) is 0 Å². The highest BCUT2D eigenvalue weighted by Crippen LogP contribution is 2.29. The molecular formula is C16H21NO2. The first-order valence-electron chi connectivity index (χ1n) is 7.30. The van der Waals surface area contributed by atoms with Gasteiger partial charge >= 0.3 is 0 Å². The lowest BCUT2D eigenvalue weighted by Gasteiger charge is -2.34. The molecule has 19 heavy (non-hydrogen) atoms. The molecule has 3 nitrogen and oxygen atoms in total. The van der Waals surface area contributed by atoms with Gasteiger partial charge in [-0.25, -0.2) is 0 Å². The number of nitrogens with zero attached hydrogens (tertiary/aromatic N) is 1. The van der Waals surface area contributed by atoms with Crippen LogP contribution >= 0.6 is 0 Å². The summed E-state index contributed by atoms with van der Waals surface area (Å²) >= 11 is 0. The number of amides is 1. The van der Waals surface area contributed by atoms with Crippen molar-refractivity contribution in [2.24, 2.45) is 5.92 Å². The Balaban J connectivity index is 1.66. The zero-order chi connectivity index (χ0) is 13.1. The second-order valence-corrected chi connectivity index (χ2v) is 5.54. The van der Waals surface area contributed by atoms with Gasteiger partial charge in [0.05, 0.1) is 13.2 Å². The van der Waals surface area contributed by atoms with Crippen molar-refractivity contribution in [2.75, 3.05) is 19.7 Å². The third-order valence-electron chi connectivity index (χ3n) is 4.25. The number of carbonyl (C=O) groups is 1. The van der Waals surface area contributed by atoms with Crippen molar-refractivity contribution in [3.8, 4) is 0 Å². The molecule has 1 amide bonds. The molecule has 1 atom stereocenters. The Hall–Kier alpha value is -1.35. The Bertz CT molecular complexity index is 426. The van der Waals surface area contributed by atoms with Crippen molar-refractivity contribution >= 4 is 5.91 Å². The fourth-order valence-corrected chi connectivity index (χ4v) is 3.15. The van der Waals surface area contributed by atoms with Crippen LogP contribution in [0, 0.1) is 5.92 Å². The van der Waals surface area contributed by atoms with Crippen LogP contribution in [0.1, 0.15) is 37.4 Å². The molecule has 0 spiro atoms. The Morgan fingerprint density at radius 3 is 2.63 bits per heavy atom. The molecule has 1 aliphatic carbocycles. The summed E-state index contributed by atoms with van der Waals surface area (Å²) in [5.74, 6) is 0.622. The minimum atomic E-state index is 0.0419. The average Bonchev–Trinajstić information content (AvgIpc) is 3.02. The van der Waals surface area contributed by atoms with Crippen LogP contribution in [0.15, 0.2) is 30.3 Å². The first-order valence-corrected chi connectivity index (χ1v) is 7.30. The van der Waals surface area contributed by atoms with Crippen LogP contribution in [0.5, 0.6) is 0 Å². The van der Waals surface area contributed by atoms with E-state index in [9.17, 15) is 4.79 Å². The van der Waals surface area contributed by atoms with E-state index in [4.69, 9.17) is 4.74 Å². The van der Waals surface area contributed by atoms with Crippen molar-refractivity contribution in [1.29, 1.82) is 0 Å². The number of hydrogen-bond acceptors (Lipinski definition) is 2. The summed E-state index contributed by atoms with van der Waals surface area (Å²) < 4.78 is 5.81. The lowest BCUT2D eigenvalue weighted by Crippen LogP contribution is -2.44. The summed E-state index contributed by atoms with van der Waals surface area (Å²) in [5.41, 5.74) is 1.17. The van der Waals surface area contributed by atoms with Gasteiger partial charge in [0, 0.05) is 12.5 Å². The van der Waals surface area contributed by atoms with Crippen LogP contribution < -0.4 is 0 Å². The van der Waals surface area contributed by atoms with Gasteiger partial charge in [0.2, 0.25) is 5.91 Å². The molecular weight excluding hydrogens is 238 g/mol. The Kier molecular flexibility index (Phi) is 3.83. The summed E-state index contributed by atoms with van der Waals surface area (Å²) in [6, 6.07) is 10.2. The fraction of sp³-hybridized carbons (Fsp3) is 0.562. The van der Waals surface area contributed by atoms with Crippen molar-refractivity contribution < 1.29 is 9.53 Å². The highest BCUT2D eigenvalue weighted by molar-refractivity contribution is 5.79. The molecule has 1 saturated carbocycles. The van der Waals surface area contributed by atoms with Crippen LogP contribution in [0.2, 0.25) is 0 Å². The summed E-state index contributed by atoms with van der Waals surface area (Å²) in [6.07, 6.45) is 4.62. The van der Waals surface area contributed by atoms with Gasteiger partial charge in [-0.2, -0.15) is 0 Å². The molecule has 0 aromatic heterocycles. The number of hydrogen-bond donors (Lipinski definition) is 0. The Labute approximate surface area is 114 Å². The molecule has 2 aliphatic rings. The smallest absolute Gasteiger partial charge is 0.225 e. The number of ether oxygens (including phenoxy) is 1. The van der Waals surface area contributed by atoms with Gasteiger partial charge in [-0.15, -0.1) is 0 Å². The fourth-order valence-electron chi connectivity index (χ4n) is 3.15. The van der Waals surface area contributed by atoms with Gasteiger partial charge in [0.1, 0.15) is 6.10 Å². The molecule has 1 aromatic carbocycles. The lowest BCUT2D eigenvalue weighted by atomic mass is 10.0. The first kappa shape index (κ1) is 12.7. The van der Waals surface area contributed by atoms with Crippen LogP contribution in [0.4, 0.5) is 0 Å². The first-order chi connectivity index (χ1) is 9.34. The van der Waals surface area contributed by atoms with Gasteiger partial charge in [-0.3, -0.25) is 4.79 Å². The highest BCUT2D eigenvalue weighted by atomic mass is 16.5. The van der Waals surface area contributed by atoms with Crippen LogP contribution in [-0.2, 0) is 9.53 Å². The zero-order valence-electron chi connectivity index (χ0n) is 11.3. The molecule has 0 bridgehead atoms. The van der Waals surface area contributed by atoms with E-state index in [1.165, 1.54) is 18.4 Å². The molecule has 0 radical (unpaired) electrons. The van der Waals surface area contributed by atoms with E-state index in [2.05, 4.69) is 12.1 Å². The molecule has 3 heteroatoms. The second-order valence-electron chi connectivity index (χ2n) is 5.54. The topological polar surface area (TPSA) is 29.5 Å². The molecule has 1 unspecified atom stereocenters. The maximum Gasteiger partial charge on any atom is 0.225 e.